The van der Waals surface area contributed by atoms with Crippen LogP contribution in [0.1, 0.15) is 15.9 Å². The van der Waals surface area contributed by atoms with Gasteiger partial charge in [0.05, 0.1) is 10.9 Å². The molecule has 4 rings (SSSR count). The maximum atomic E-state index is 13.1. The van der Waals surface area contributed by atoms with Gasteiger partial charge in [0.25, 0.3) is 5.91 Å². The Hall–Kier alpha value is -4.23. The normalized spacial score (nSPS) is 10.7. The van der Waals surface area contributed by atoms with Gasteiger partial charge in [-0.05, 0) is 37.3 Å². The van der Waals surface area contributed by atoms with Crippen LogP contribution >= 0.6 is 0 Å². The Morgan fingerprint density at radius 3 is 2.33 bits per heavy atom. The summed E-state index contributed by atoms with van der Waals surface area (Å²) in [6.45, 7) is 1.64. The average molecular weight is 442 g/mol. The van der Waals surface area contributed by atoms with Crippen molar-refractivity contribution in [2.45, 2.75) is 6.92 Å². The first-order valence-electron chi connectivity index (χ1n) is 10.3. The van der Waals surface area contributed by atoms with Gasteiger partial charge < -0.3 is 19.8 Å². The molecule has 0 aliphatic heterocycles. The largest absolute Gasteiger partial charge is 0.455 e. The molecule has 33 heavy (non-hydrogen) atoms. The van der Waals surface area contributed by atoms with E-state index in [-0.39, 0.29) is 29.1 Å². The van der Waals surface area contributed by atoms with Crippen molar-refractivity contribution in [3.05, 3.63) is 94.1 Å². The third-order valence-electron chi connectivity index (χ3n) is 5.11. The smallest absolute Gasteiger partial charge is 0.259 e. The molecule has 0 atom stereocenters. The van der Waals surface area contributed by atoms with Gasteiger partial charge in [0.1, 0.15) is 12.4 Å². The Morgan fingerprint density at radius 1 is 0.909 bits per heavy atom. The molecule has 0 bridgehead atoms. The molecule has 4 aromatic rings. The van der Waals surface area contributed by atoms with E-state index in [1.165, 1.54) is 7.11 Å². The molecule has 0 aliphatic carbocycles. The summed E-state index contributed by atoms with van der Waals surface area (Å²) in [4.78, 5) is 37.9. The molecule has 7 heteroatoms. The predicted octanol–water partition coefficient (Wildman–Crippen LogP) is 4.61. The number of carbonyl (C=O) groups excluding carboxylic acids is 2. The van der Waals surface area contributed by atoms with Crippen molar-refractivity contribution >= 4 is 34.2 Å². The molecule has 2 amide bonds. The number of carbonyl (C=O) groups is 2. The summed E-state index contributed by atoms with van der Waals surface area (Å²) < 4.78 is 10.9. The number of rotatable bonds is 6. The van der Waals surface area contributed by atoms with Crippen molar-refractivity contribution in [3.63, 3.8) is 0 Å². The van der Waals surface area contributed by atoms with Gasteiger partial charge in [0, 0.05) is 29.6 Å². The van der Waals surface area contributed by atoms with E-state index in [4.69, 9.17) is 9.15 Å². The highest BCUT2D eigenvalue weighted by atomic mass is 16.5. The van der Waals surface area contributed by atoms with Crippen molar-refractivity contribution in [3.8, 4) is 11.3 Å². The van der Waals surface area contributed by atoms with E-state index in [0.29, 0.717) is 28.1 Å². The van der Waals surface area contributed by atoms with E-state index >= 15 is 0 Å². The van der Waals surface area contributed by atoms with Crippen LogP contribution < -0.4 is 16.1 Å². The van der Waals surface area contributed by atoms with Crippen LogP contribution in [0.15, 0.2) is 82.0 Å². The molecule has 166 valence electrons. The quantitative estimate of drug-likeness (QED) is 0.455. The number of amides is 2. The Labute approximate surface area is 190 Å². The molecule has 0 saturated heterocycles. The van der Waals surface area contributed by atoms with Crippen LogP contribution in [-0.2, 0) is 9.53 Å². The minimum absolute atomic E-state index is 0.0746. The summed E-state index contributed by atoms with van der Waals surface area (Å²) in [7, 11) is 1.43. The topological polar surface area (TPSA) is 97.6 Å². The Kier molecular flexibility index (Phi) is 6.33. The fourth-order valence-electron chi connectivity index (χ4n) is 3.55. The molecule has 0 spiro atoms. The first-order chi connectivity index (χ1) is 16.0. The van der Waals surface area contributed by atoms with Crippen LogP contribution in [0.25, 0.3) is 22.3 Å². The van der Waals surface area contributed by atoms with Crippen molar-refractivity contribution < 1.29 is 18.7 Å². The second kappa shape index (κ2) is 9.50. The molecule has 0 aliphatic rings. The second-order valence-electron chi connectivity index (χ2n) is 7.45. The highest BCUT2D eigenvalue weighted by Crippen LogP contribution is 2.28. The van der Waals surface area contributed by atoms with Gasteiger partial charge in [-0.15, -0.1) is 0 Å². The van der Waals surface area contributed by atoms with Crippen LogP contribution in [0.2, 0.25) is 0 Å². The summed E-state index contributed by atoms with van der Waals surface area (Å²) in [6, 6.07) is 20.9. The minimum atomic E-state index is -0.438. The summed E-state index contributed by atoms with van der Waals surface area (Å²) in [5.41, 5.74) is 2.48. The Morgan fingerprint density at radius 2 is 1.61 bits per heavy atom. The van der Waals surface area contributed by atoms with E-state index in [2.05, 4.69) is 10.6 Å². The molecule has 1 aromatic heterocycles. The van der Waals surface area contributed by atoms with E-state index in [0.717, 1.165) is 5.56 Å². The lowest BCUT2D eigenvalue weighted by Gasteiger charge is -2.12. The highest BCUT2D eigenvalue weighted by molar-refractivity contribution is 6.11. The fraction of sp³-hybridized carbons (Fsp3) is 0.115. The van der Waals surface area contributed by atoms with Crippen molar-refractivity contribution in [2.24, 2.45) is 0 Å². The maximum absolute atomic E-state index is 13.1. The van der Waals surface area contributed by atoms with Crippen LogP contribution in [-0.4, -0.2) is 25.5 Å². The lowest BCUT2D eigenvalue weighted by molar-refractivity contribution is -0.119. The molecule has 0 saturated carbocycles. The van der Waals surface area contributed by atoms with Crippen LogP contribution in [0.3, 0.4) is 0 Å². The molecule has 0 unspecified atom stereocenters. The van der Waals surface area contributed by atoms with E-state index in [9.17, 15) is 14.4 Å². The summed E-state index contributed by atoms with van der Waals surface area (Å²) in [6.07, 6.45) is 0. The molecule has 0 fully saturated rings. The number of methoxy groups -OCH3 is 1. The maximum Gasteiger partial charge on any atom is 0.259 e. The predicted molar refractivity (Wildman–Crippen MR) is 128 cm³/mol. The Bertz CT molecular complexity index is 1390. The van der Waals surface area contributed by atoms with Crippen LogP contribution in [0, 0.1) is 6.92 Å². The number of hydrogen-bond donors (Lipinski definition) is 2. The second-order valence-corrected chi connectivity index (χ2v) is 7.45. The van der Waals surface area contributed by atoms with E-state index in [1.807, 2.05) is 30.3 Å². The molecule has 3 aromatic carbocycles. The molecule has 1 heterocycles. The number of anilines is 2. The lowest BCUT2D eigenvalue weighted by atomic mass is 10.0. The third kappa shape index (κ3) is 4.68. The summed E-state index contributed by atoms with van der Waals surface area (Å²) in [5.74, 6) is -0.316. The number of ether oxygens (including phenoxy) is 1. The SMILES string of the molecule is COCC(=O)Nc1cccc(NC(=O)c2cccc3c(=O)c(C)c(-c4ccccc4)oc23)c1. The van der Waals surface area contributed by atoms with E-state index < -0.39 is 5.91 Å². The van der Waals surface area contributed by atoms with Gasteiger partial charge in [-0.3, -0.25) is 14.4 Å². The molecular weight excluding hydrogens is 420 g/mol. The van der Waals surface area contributed by atoms with Crippen LogP contribution in [0.4, 0.5) is 11.4 Å². The number of benzene rings is 3. The number of para-hydroxylation sites is 1. The van der Waals surface area contributed by atoms with Crippen molar-refractivity contribution in [2.75, 3.05) is 24.4 Å². The first-order valence-corrected chi connectivity index (χ1v) is 10.3. The molecule has 0 radical (unpaired) electrons. The lowest BCUT2D eigenvalue weighted by Crippen LogP contribution is -2.18. The summed E-state index contributed by atoms with van der Waals surface area (Å²) in [5, 5.41) is 5.83. The molecular formula is C26H22N2O5. The van der Waals surface area contributed by atoms with Gasteiger partial charge in [0.2, 0.25) is 5.91 Å². The average Bonchev–Trinajstić information content (AvgIpc) is 2.82. The zero-order valence-electron chi connectivity index (χ0n) is 18.2. The number of nitrogens with one attached hydrogen (secondary N) is 2. The summed E-state index contributed by atoms with van der Waals surface area (Å²) >= 11 is 0. The molecule has 7 nitrogen and oxygen atoms in total. The highest BCUT2D eigenvalue weighted by Gasteiger charge is 2.18. The van der Waals surface area contributed by atoms with Crippen LogP contribution in [0.5, 0.6) is 0 Å². The monoisotopic (exact) mass is 442 g/mol. The van der Waals surface area contributed by atoms with Gasteiger partial charge in [-0.25, -0.2) is 0 Å². The van der Waals surface area contributed by atoms with E-state index in [1.54, 1.807) is 49.4 Å². The van der Waals surface area contributed by atoms with Gasteiger partial charge in [-0.2, -0.15) is 0 Å². The molecule has 2 N–H and O–H groups in total. The van der Waals surface area contributed by atoms with Gasteiger partial charge in [0.15, 0.2) is 11.0 Å². The zero-order valence-corrected chi connectivity index (χ0v) is 18.2. The van der Waals surface area contributed by atoms with Gasteiger partial charge in [-0.1, -0.05) is 42.5 Å². The fourth-order valence-corrected chi connectivity index (χ4v) is 3.55. The number of fused-ring (bicyclic) bond motifs is 1. The van der Waals surface area contributed by atoms with Gasteiger partial charge >= 0.3 is 0 Å². The van der Waals surface area contributed by atoms with Crippen molar-refractivity contribution in [1.29, 1.82) is 0 Å². The number of hydrogen-bond acceptors (Lipinski definition) is 5. The minimum Gasteiger partial charge on any atom is -0.455 e. The zero-order chi connectivity index (χ0) is 23.4. The Balaban J connectivity index is 1.70. The first kappa shape index (κ1) is 22.0. The standard InChI is InChI=1S/C26H22N2O5/c1-16-23(30)20-12-7-13-21(25(20)33-24(16)17-8-4-3-5-9-17)26(31)28-19-11-6-10-18(14-19)27-22(29)15-32-2/h3-14H,15H2,1-2H3,(H,27,29)(H,28,31). The van der Waals surface area contributed by atoms with Crippen molar-refractivity contribution in [1.82, 2.24) is 0 Å². The third-order valence-corrected chi connectivity index (χ3v) is 5.11.